The number of aromatic nitrogens is 3. The minimum absolute atomic E-state index is 0.234. The molecule has 0 unspecified atom stereocenters. The Balaban J connectivity index is 2.70. The molecule has 8 heteroatoms. The first-order chi connectivity index (χ1) is 6.94. The fraction of sp³-hybridized carbons (Fsp3) is 0.571. The van der Waals surface area contributed by atoms with Crippen molar-refractivity contribution in [3.05, 3.63) is 12.2 Å². The van der Waals surface area contributed by atoms with Gasteiger partial charge in [-0.1, -0.05) is 0 Å². The summed E-state index contributed by atoms with van der Waals surface area (Å²) in [6.45, 7) is -0.450. The third kappa shape index (κ3) is 3.22. The molecule has 0 N–H and O–H groups in total. The van der Waals surface area contributed by atoms with Crippen molar-refractivity contribution in [2.24, 2.45) is 0 Å². The minimum atomic E-state index is -4.29. The normalized spacial score (nSPS) is 11.5. The van der Waals surface area contributed by atoms with E-state index in [1.165, 1.54) is 0 Å². The summed E-state index contributed by atoms with van der Waals surface area (Å²) < 4.78 is 40.8. The SMILES string of the molecule is COC(=O)c1ncnn1CCC(F)(F)F. The Hall–Kier alpha value is -1.60. The van der Waals surface area contributed by atoms with Crippen LogP contribution in [0.2, 0.25) is 0 Å². The molecule has 0 bridgehead atoms. The molecular formula is C7H8F3N3O2. The number of esters is 1. The number of carbonyl (C=O) groups is 1. The quantitative estimate of drug-likeness (QED) is 0.718. The number of alkyl halides is 3. The van der Waals surface area contributed by atoms with Crippen molar-refractivity contribution in [2.45, 2.75) is 19.1 Å². The van der Waals surface area contributed by atoms with Crippen LogP contribution in [0.5, 0.6) is 0 Å². The maximum Gasteiger partial charge on any atom is 0.390 e. The predicted molar refractivity (Wildman–Crippen MR) is 42.0 cm³/mol. The lowest BCUT2D eigenvalue weighted by atomic mass is 10.4. The number of aryl methyl sites for hydroxylation is 1. The Morgan fingerprint density at radius 1 is 1.60 bits per heavy atom. The van der Waals surface area contributed by atoms with E-state index in [0.29, 0.717) is 0 Å². The van der Waals surface area contributed by atoms with Gasteiger partial charge in [-0.2, -0.15) is 18.3 Å². The summed E-state index contributed by atoms with van der Waals surface area (Å²) in [6, 6.07) is 0. The van der Waals surface area contributed by atoms with Crippen LogP contribution in [0, 0.1) is 0 Å². The summed E-state index contributed by atoms with van der Waals surface area (Å²) in [4.78, 5) is 14.5. The Bertz CT molecular complexity index is 347. The highest BCUT2D eigenvalue weighted by atomic mass is 19.4. The topological polar surface area (TPSA) is 57.0 Å². The van der Waals surface area contributed by atoms with E-state index in [-0.39, 0.29) is 5.82 Å². The van der Waals surface area contributed by atoms with E-state index in [2.05, 4.69) is 14.8 Å². The Kier molecular flexibility index (Phi) is 3.28. The van der Waals surface area contributed by atoms with Crippen molar-refractivity contribution in [3.8, 4) is 0 Å². The van der Waals surface area contributed by atoms with E-state index in [9.17, 15) is 18.0 Å². The van der Waals surface area contributed by atoms with Crippen LogP contribution in [0.4, 0.5) is 13.2 Å². The number of hydrogen-bond acceptors (Lipinski definition) is 4. The van der Waals surface area contributed by atoms with Gasteiger partial charge < -0.3 is 4.74 Å². The van der Waals surface area contributed by atoms with Crippen molar-refractivity contribution in [1.29, 1.82) is 0 Å². The lowest BCUT2D eigenvalue weighted by Gasteiger charge is -2.07. The van der Waals surface area contributed by atoms with Gasteiger partial charge in [0.1, 0.15) is 6.33 Å². The van der Waals surface area contributed by atoms with Crippen molar-refractivity contribution >= 4 is 5.97 Å². The van der Waals surface area contributed by atoms with Crippen LogP contribution >= 0.6 is 0 Å². The van der Waals surface area contributed by atoms with E-state index in [1.807, 2.05) is 0 Å². The second-order valence-electron chi connectivity index (χ2n) is 2.66. The summed E-state index contributed by atoms with van der Waals surface area (Å²) in [5.74, 6) is -1.04. The van der Waals surface area contributed by atoms with Gasteiger partial charge in [0.05, 0.1) is 20.1 Å². The molecule has 0 aliphatic carbocycles. The van der Waals surface area contributed by atoms with Crippen molar-refractivity contribution in [2.75, 3.05) is 7.11 Å². The zero-order chi connectivity index (χ0) is 11.5. The molecule has 1 heterocycles. The van der Waals surface area contributed by atoms with Crippen molar-refractivity contribution in [3.63, 3.8) is 0 Å². The molecule has 0 amide bonds. The van der Waals surface area contributed by atoms with E-state index >= 15 is 0 Å². The molecule has 0 spiro atoms. The average Bonchev–Trinajstić information content (AvgIpc) is 2.60. The van der Waals surface area contributed by atoms with Crippen LogP contribution in [0.3, 0.4) is 0 Å². The zero-order valence-electron chi connectivity index (χ0n) is 7.78. The number of halogens is 3. The Morgan fingerprint density at radius 3 is 2.80 bits per heavy atom. The maximum absolute atomic E-state index is 11.9. The summed E-state index contributed by atoms with van der Waals surface area (Å²) in [7, 11) is 1.12. The molecule has 0 aromatic carbocycles. The lowest BCUT2D eigenvalue weighted by molar-refractivity contribution is -0.137. The minimum Gasteiger partial charge on any atom is -0.463 e. The first-order valence-corrected chi connectivity index (χ1v) is 3.97. The van der Waals surface area contributed by atoms with E-state index in [0.717, 1.165) is 18.1 Å². The number of methoxy groups -OCH3 is 1. The molecule has 84 valence electrons. The molecule has 0 saturated carbocycles. The average molecular weight is 223 g/mol. The second-order valence-corrected chi connectivity index (χ2v) is 2.66. The van der Waals surface area contributed by atoms with Crippen LogP contribution in [-0.2, 0) is 11.3 Å². The Morgan fingerprint density at radius 2 is 2.27 bits per heavy atom. The highest BCUT2D eigenvalue weighted by Crippen LogP contribution is 2.20. The van der Waals surface area contributed by atoms with Gasteiger partial charge in [-0.05, 0) is 0 Å². The monoisotopic (exact) mass is 223 g/mol. The predicted octanol–water partition coefficient (Wildman–Crippen LogP) is 1.02. The zero-order valence-corrected chi connectivity index (χ0v) is 7.78. The van der Waals surface area contributed by atoms with Crippen LogP contribution < -0.4 is 0 Å². The molecule has 0 aliphatic heterocycles. The molecule has 0 fully saturated rings. The van der Waals surface area contributed by atoms with E-state index < -0.39 is 25.1 Å². The molecule has 1 aromatic heterocycles. The number of ether oxygens (including phenoxy) is 1. The van der Waals surface area contributed by atoms with Crippen LogP contribution in [0.1, 0.15) is 17.0 Å². The molecular weight excluding hydrogens is 215 g/mol. The molecule has 15 heavy (non-hydrogen) atoms. The molecule has 5 nitrogen and oxygen atoms in total. The lowest BCUT2D eigenvalue weighted by Crippen LogP contribution is -2.18. The third-order valence-electron chi connectivity index (χ3n) is 1.59. The van der Waals surface area contributed by atoms with Crippen molar-refractivity contribution in [1.82, 2.24) is 14.8 Å². The van der Waals surface area contributed by atoms with Gasteiger partial charge in [-0.3, -0.25) is 0 Å². The summed E-state index contributed by atoms with van der Waals surface area (Å²) in [5, 5.41) is 3.49. The van der Waals surface area contributed by atoms with Gasteiger partial charge in [-0.25, -0.2) is 14.5 Å². The number of carbonyl (C=O) groups excluding carboxylic acids is 1. The van der Waals surface area contributed by atoms with Crippen LogP contribution in [0.25, 0.3) is 0 Å². The van der Waals surface area contributed by atoms with Crippen LogP contribution in [0.15, 0.2) is 6.33 Å². The molecule has 1 rings (SSSR count). The third-order valence-corrected chi connectivity index (χ3v) is 1.59. The van der Waals surface area contributed by atoms with Gasteiger partial charge in [-0.15, -0.1) is 0 Å². The van der Waals surface area contributed by atoms with E-state index in [1.54, 1.807) is 0 Å². The summed E-state index contributed by atoms with van der Waals surface area (Å²) >= 11 is 0. The Labute approximate surface area is 82.9 Å². The fourth-order valence-electron chi connectivity index (χ4n) is 0.910. The summed E-state index contributed by atoms with van der Waals surface area (Å²) in [5.41, 5.74) is 0. The molecule has 0 atom stereocenters. The van der Waals surface area contributed by atoms with Crippen LogP contribution in [-0.4, -0.2) is 34.0 Å². The molecule has 0 saturated heterocycles. The number of hydrogen-bond donors (Lipinski definition) is 0. The first-order valence-electron chi connectivity index (χ1n) is 3.97. The second kappa shape index (κ2) is 4.28. The van der Waals surface area contributed by atoms with Gasteiger partial charge in [0, 0.05) is 0 Å². The van der Waals surface area contributed by atoms with Gasteiger partial charge in [0.15, 0.2) is 0 Å². The van der Waals surface area contributed by atoms with Gasteiger partial charge >= 0.3 is 12.1 Å². The highest BCUT2D eigenvalue weighted by molar-refractivity contribution is 5.85. The summed E-state index contributed by atoms with van der Waals surface area (Å²) in [6.07, 6.45) is -4.36. The first kappa shape index (κ1) is 11.5. The number of nitrogens with zero attached hydrogens (tertiary/aromatic N) is 3. The number of rotatable bonds is 3. The maximum atomic E-state index is 11.9. The van der Waals surface area contributed by atoms with Crippen molar-refractivity contribution < 1.29 is 22.7 Å². The highest BCUT2D eigenvalue weighted by Gasteiger charge is 2.28. The standard InChI is InChI=1S/C7H8F3N3O2/c1-15-6(14)5-11-4-12-13(5)3-2-7(8,9)10/h4H,2-3H2,1H3. The molecule has 0 radical (unpaired) electrons. The van der Waals surface area contributed by atoms with Gasteiger partial charge in [0.25, 0.3) is 0 Å². The van der Waals surface area contributed by atoms with Gasteiger partial charge in [0.2, 0.25) is 5.82 Å². The molecule has 1 aromatic rings. The molecule has 0 aliphatic rings. The largest absolute Gasteiger partial charge is 0.463 e. The smallest absolute Gasteiger partial charge is 0.390 e. The van der Waals surface area contributed by atoms with E-state index in [4.69, 9.17) is 0 Å². The fourth-order valence-corrected chi connectivity index (χ4v) is 0.910.